The number of likely N-dealkylation sites (N-methyl/N-ethyl adjacent to an activating group) is 1. The molecule has 35 heavy (non-hydrogen) atoms. The van der Waals surface area contributed by atoms with Crippen molar-refractivity contribution in [1.29, 1.82) is 0 Å². The molecule has 6 atom stereocenters. The topological polar surface area (TPSA) is 80.2 Å². The zero-order valence-electron chi connectivity index (χ0n) is 20.1. The van der Waals surface area contributed by atoms with Crippen LogP contribution in [0.5, 0.6) is 0 Å². The molecule has 0 bridgehead atoms. The largest absolute Gasteiger partial charge is 0.396 e. The molecule has 0 saturated heterocycles. The van der Waals surface area contributed by atoms with Gasteiger partial charge in [0.25, 0.3) is 0 Å². The van der Waals surface area contributed by atoms with E-state index in [0.29, 0.717) is 19.8 Å². The molecule has 186 valence electrons. The molecule has 4 rings (SSSR count). The molecule has 6 nitrogen and oxygen atoms in total. The van der Waals surface area contributed by atoms with Crippen LogP contribution in [0.2, 0.25) is 0 Å². The van der Waals surface area contributed by atoms with E-state index < -0.39 is 30.3 Å². The van der Waals surface area contributed by atoms with Crippen LogP contribution in [0.1, 0.15) is 16.7 Å². The molecule has 3 N–H and O–H groups in total. The maximum atomic E-state index is 11.3. The summed E-state index contributed by atoms with van der Waals surface area (Å²) in [7, 11) is 1.82. The van der Waals surface area contributed by atoms with Crippen molar-refractivity contribution in [2.24, 2.45) is 5.92 Å². The van der Waals surface area contributed by atoms with E-state index in [9.17, 15) is 10.2 Å². The first-order valence-corrected chi connectivity index (χ1v) is 12.1. The lowest BCUT2D eigenvalue weighted by Crippen LogP contribution is -2.67. The van der Waals surface area contributed by atoms with Crippen molar-refractivity contribution in [3.63, 3.8) is 0 Å². The summed E-state index contributed by atoms with van der Waals surface area (Å²) in [4.78, 5) is 0. The molecular weight excluding hydrogens is 442 g/mol. The Labute approximate surface area is 207 Å². The fourth-order valence-electron chi connectivity index (χ4n) is 4.77. The second-order valence-corrected chi connectivity index (χ2v) is 8.94. The molecule has 1 saturated carbocycles. The Balaban J connectivity index is 1.60. The van der Waals surface area contributed by atoms with E-state index in [2.05, 4.69) is 5.32 Å². The molecule has 1 fully saturated rings. The summed E-state index contributed by atoms with van der Waals surface area (Å²) >= 11 is 0. The highest BCUT2D eigenvalue weighted by molar-refractivity contribution is 5.16. The normalized spacial score (nSPS) is 26.5. The van der Waals surface area contributed by atoms with E-state index in [1.54, 1.807) is 0 Å². The molecule has 0 amide bonds. The van der Waals surface area contributed by atoms with Gasteiger partial charge in [-0.15, -0.1) is 0 Å². The predicted octanol–water partition coefficient (Wildman–Crippen LogP) is 3.31. The first-order chi connectivity index (χ1) is 17.2. The van der Waals surface area contributed by atoms with Gasteiger partial charge in [0.1, 0.15) is 18.3 Å². The van der Waals surface area contributed by atoms with Gasteiger partial charge in [-0.2, -0.15) is 0 Å². The van der Waals surface area contributed by atoms with Crippen LogP contribution in [0.15, 0.2) is 91.0 Å². The fraction of sp³-hybridized carbons (Fsp3) is 0.379. The Bertz CT molecular complexity index is 988. The van der Waals surface area contributed by atoms with Gasteiger partial charge < -0.3 is 29.7 Å². The summed E-state index contributed by atoms with van der Waals surface area (Å²) in [6, 6.07) is 29.4. The maximum Gasteiger partial charge on any atom is 0.114 e. The third-order valence-electron chi connectivity index (χ3n) is 6.64. The van der Waals surface area contributed by atoms with Crippen LogP contribution in [-0.4, -0.2) is 54.3 Å². The van der Waals surface area contributed by atoms with Gasteiger partial charge in [0, 0.05) is 12.0 Å². The number of ether oxygens (including phenoxy) is 3. The Kier molecular flexibility index (Phi) is 9.42. The first kappa shape index (κ1) is 25.5. The highest BCUT2D eigenvalue weighted by Gasteiger charge is 2.51. The highest BCUT2D eigenvalue weighted by atomic mass is 16.6. The Morgan fingerprint density at radius 1 is 0.629 bits per heavy atom. The van der Waals surface area contributed by atoms with Crippen molar-refractivity contribution in [2.45, 2.75) is 50.3 Å². The van der Waals surface area contributed by atoms with Crippen LogP contribution in [-0.2, 0) is 34.0 Å². The molecule has 0 aliphatic heterocycles. The van der Waals surface area contributed by atoms with Crippen LogP contribution < -0.4 is 5.32 Å². The predicted molar refractivity (Wildman–Crippen MR) is 134 cm³/mol. The number of nitrogens with one attached hydrogen (secondary N) is 1. The SMILES string of the molecule is CN[C@H]1[C@@H](CO)[C@@H](O)[C@@H](OCc2ccccc2)[C@H](OCc2ccccc2)[C@@H]1OCc1ccccc1. The number of aliphatic hydroxyl groups is 2. The third kappa shape index (κ3) is 6.55. The first-order valence-electron chi connectivity index (χ1n) is 12.1. The minimum absolute atomic E-state index is 0.200. The standard InChI is InChI=1S/C29H35NO5/c1-30-25-24(17-31)26(32)28(34-19-22-13-7-3-8-14-22)29(35-20-23-15-9-4-10-16-23)27(25)33-18-21-11-5-2-6-12-21/h2-16,24-32H,17-20H2,1H3/t24-,25+,26-,27-,28-,29-/m1/s1. The van der Waals surface area contributed by atoms with Gasteiger partial charge in [-0.1, -0.05) is 91.0 Å². The molecule has 3 aromatic carbocycles. The van der Waals surface area contributed by atoms with E-state index in [1.165, 1.54) is 0 Å². The molecule has 0 spiro atoms. The molecular formula is C29H35NO5. The summed E-state index contributed by atoms with van der Waals surface area (Å²) in [5.41, 5.74) is 3.06. The smallest absolute Gasteiger partial charge is 0.114 e. The number of hydrogen-bond acceptors (Lipinski definition) is 6. The zero-order chi connectivity index (χ0) is 24.5. The van der Waals surface area contributed by atoms with E-state index in [-0.39, 0.29) is 12.6 Å². The lowest BCUT2D eigenvalue weighted by Gasteiger charge is -2.48. The fourth-order valence-corrected chi connectivity index (χ4v) is 4.77. The number of hydrogen-bond donors (Lipinski definition) is 3. The molecule has 1 aliphatic carbocycles. The molecule has 1 aliphatic rings. The van der Waals surface area contributed by atoms with Crippen LogP contribution in [0.4, 0.5) is 0 Å². The quantitative estimate of drug-likeness (QED) is 0.393. The molecule has 0 aromatic heterocycles. The Morgan fingerprint density at radius 3 is 1.43 bits per heavy atom. The summed E-state index contributed by atoms with van der Waals surface area (Å²) in [5.74, 6) is -0.474. The Morgan fingerprint density at radius 2 is 1.03 bits per heavy atom. The summed E-state index contributed by atoms with van der Waals surface area (Å²) in [6.07, 6.45) is -2.62. The zero-order valence-corrected chi connectivity index (χ0v) is 20.1. The van der Waals surface area contributed by atoms with Crippen LogP contribution >= 0.6 is 0 Å². The van der Waals surface area contributed by atoms with Gasteiger partial charge >= 0.3 is 0 Å². The average molecular weight is 478 g/mol. The number of aliphatic hydroxyl groups excluding tert-OH is 2. The molecule has 0 heterocycles. The second kappa shape index (κ2) is 12.9. The van der Waals surface area contributed by atoms with Crippen molar-refractivity contribution in [3.05, 3.63) is 108 Å². The van der Waals surface area contributed by atoms with E-state index in [0.717, 1.165) is 16.7 Å². The van der Waals surface area contributed by atoms with Gasteiger partial charge in [-0.3, -0.25) is 0 Å². The van der Waals surface area contributed by atoms with E-state index in [4.69, 9.17) is 14.2 Å². The van der Waals surface area contributed by atoms with Gasteiger partial charge in [0.05, 0.1) is 32.5 Å². The van der Waals surface area contributed by atoms with E-state index >= 15 is 0 Å². The molecule has 0 radical (unpaired) electrons. The monoisotopic (exact) mass is 477 g/mol. The number of benzene rings is 3. The summed E-state index contributed by atoms with van der Waals surface area (Å²) in [6.45, 7) is 0.861. The van der Waals surface area contributed by atoms with Crippen molar-refractivity contribution < 1.29 is 24.4 Å². The molecule has 0 unspecified atom stereocenters. The molecule has 6 heteroatoms. The van der Waals surface area contributed by atoms with Crippen LogP contribution in [0.25, 0.3) is 0 Å². The minimum atomic E-state index is -0.932. The minimum Gasteiger partial charge on any atom is -0.396 e. The van der Waals surface area contributed by atoms with E-state index in [1.807, 2.05) is 98.0 Å². The lowest BCUT2D eigenvalue weighted by molar-refractivity contribution is -0.229. The molecule has 3 aromatic rings. The van der Waals surface area contributed by atoms with Gasteiger partial charge in [-0.05, 0) is 23.7 Å². The lowest BCUT2D eigenvalue weighted by atomic mass is 9.76. The summed E-state index contributed by atoms with van der Waals surface area (Å²) in [5, 5.41) is 24.8. The van der Waals surface area contributed by atoms with Crippen molar-refractivity contribution >= 4 is 0 Å². The third-order valence-corrected chi connectivity index (χ3v) is 6.64. The number of rotatable bonds is 11. The maximum absolute atomic E-state index is 11.3. The van der Waals surface area contributed by atoms with Crippen LogP contribution in [0, 0.1) is 5.92 Å². The Hall–Kier alpha value is -2.58. The van der Waals surface area contributed by atoms with Crippen molar-refractivity contribution in [1.82, 2.24) is 5.32 Å². The van der Waals surface area contributed by atoms with Crippen LogP contribution in [0.3, 0.4) is 0 Å². The average Bonchev–Trinajstić information content (AvgIpc) is 2.92. The van der Waals surface area contributed by atoms with Crippen molar-refractivity contribution in [2.75, 3.05) is 13.7 Å². The van der Waals surface area contributed by atoms with Gasteiger partial charge in [-0.25, -0.2) is 0 Å². The summed E-state index contributed by atoms with van der Waals surface area (Å²) < 4.78 is 19.2. The van der Waals surface area contributed by atoms with Gasteiger partial charge in [0.15, 0.2) is 0 Å². The van der Waals surface area contributed by atoms with Crippen molar-refractivity contribution in [3.8, 4) is 0 Å². The highest BCUT2D eigenvalue weighted by Crippen LogP contribution is 2.33. The van der Waals surface area contributed by atoms with Gasteiger partial charge in [0.2, 0.25) is 0 Å². The second-order valence-electron chi connectivity index (χ2n) is 8.94.